The van der Waals surface area contributed by atoms with E-state index in [1.54, 1.807) is 6.08 Å². The van der Waals surface area contributed by atoms with Gasteiger partial charge in [0.05, 0.1) is 0 Å². The second-order valence-electron chi connectivity index (χ2n) is 3.48. The molecule has 0 aliphatic carbocycles. The Balaban J connectivity index is 2.52. The van der Waals surface area contributed by atoms with Crippen LogP contribution in [0.5, 0.6) is 5.75 Å². The third-order valence-electron chi connectivity index (χ3n) is 2.16. The quantitative estimate of drug-likeness (QED) is 0.721. The van der Waals surface area contributed by atoms with Crippen LogP contribution in [0.15, 0.2) is 36.9 Å². The van der Waals surface area contributed by atoms with E-state index >= 15 is 0 Å². The number of ether oxygens (including phenoxy) is 1. The molecular formula is C13H19NO. The van der Waals surface area contributed by atoms with Crippen molar-refractivity contribution in [2.45, 2.75) is 26.5 Å². The lowest BCUT2D eigenvalue weighted by Crippen LogP contribution is -2.11. The minimum absolute atomic E-state index is 0.0598. The number of benzene rings is 1. The topological polar surface area (TPSA) is 21.3 Å². The normalized spacial score (nSPS) is 12.1. The molecule has 1 aromatic carbocycles. The van der Waals surface area contributed by atoms with E-state index in [9.17, 15) is 0 Å². The smallest absolute Gasteiger partial charge is 0.120 e. The van der Waals surface area contributed by atoms with Gasteiger partial charge < -0.3 is 10.1 Å². The predicted molar refractivity (Wildman–Crippen MR) is 64.1 cm³/mol. The fraction of sp³-hybridized carbons (Fsp3) is 0.385. The van der Waals surface area contributed by atoms with Gasteiger partial charge in [-0.1, -0.05) is 31.7 Å². The molecule has 0 aliphatic heterocycles. The zero-order valence-electron chi connectivity index (χ0n) is 9.49. The van der Waals surface area contributed by atoms with Crippen LogP contribution in [0.2, 0.25) is 0 Å². The van der Waals surface area contributed by atoms with Gasteiger partial charge in [-0.2, -0.15) is 0 Å². The van der Waals surface area contributed by atoms with Crippen LogP contribution < -0.4 is 10.1 Å². The van der Waals surface area contributed by atoms with Crippen molar-refractivity contribution in [2.24, 2.45) is 0 Å². The van der Waals surface area contributed by atoms with Crippen LogP contribution in [0.3, 0.4) is 0 Å². The second kappa shape index (κ2) is 6.25. The van der Waals surface area contributed by atoms with Crippen LogP contribution in [0.4, 0.5) is 0 Å². The Morgan fingerprint density at radius 1 is 1.40 bits per heavy atom. The Morgan fingerprint density at radius 3 is 2.60 bits per heavy atom. The summed E-state index contributed by atoms with van der Waals surface area (Å²) in [5, 5.41) is 3.28. The van der Waals surface area contributed by atoms with Gasteiger partial charge in [-0.15, -0.1) is 0 Å². The highest BCUT2D eigenvalue weighted by Crippen LogP contribution is 2.13. The second-order valence-corrected chi connectivity index (χ2v) is 3.48. The van der Waals surface area contributed by atoms with Gasteiger partial charge >= 0.3 is 0 Å². The summed E-state index contributed by atoms with van der Waals surface area (Å²) in [4.78, 5) is 0. The highest BCUT2D eigenvalue weighted by molar-refractivity contribution is 5.27. The average molecular weight is 205 g/mol. The Hall–Kier alpha value is -1.28. The highest BCUT2D eigenvalue weighted by atomic mass is 16.5. The Bertz CT molecular complexity index is 292. The minimum Gasteiger partial charge on any atom is -0.487 e. The summed E-state index contributed by atoms with van der Waals surface area (Å²) < 4.78 is 5.58. The first kappa shape index (κ1) is 11.8. The molecule has 0 saturated carbocycles. The van der Waals surface area contributed by atoms with Gasteiger partial charge in [0.25, 0.3) is 0 Å². The molecule has 0 aromatic heterocycles. The summed E-state index contributed by atoms with van der Waals surface area (Å²) in [7, 11) is 0. The molecule has 1 unspecified atom stereocenters. The number of hydrogen-bond donors (Lipinski definition) is 1. The molecule has 0 spiro atoms. The first-order valence-electron chi connectivity index (χ1n) is 5.35. The summed E-state index contributed by atoms with van der Waals surface area (Å²) >= 11 is 0. The van der Waals surface area contributed by atoms with Crippen molar-refractivity contribution in [3.05, 3.63) is 42.5 Å². The van der Waals surface area contributed by atoms with E-state index in [2.05, 4.69) is 31.0 Å². The van der Waals surface area contributed by atoms with Gasteiger partial charge in [-0.25, -0.2) is 0 Å². The van der Waals surface area contributed by atoms with Crippen molar-refractivity contribution < 1.29 is 4.74 Å². The lowest BCUT2D eigenvalue weighted by Gasteiger charge is -2.10. The van der Waals surface area contributed by atoms with Gasteiger partial charge in [-0.05, 0) is 31.2 Å². The minimum atomic E-state index is 0.0598. The lowest BCUT2D eigenvalue weighted by molar-refractivity contribution is 0.270. The molecule has 15 heavy (non-hydrogen) atoms. The summed E-state index contributed by atoms with van der Waals surface area (Å²) in [5.74, 6) is 0.891. The highest BCUT2D eigenvalue weighted by Gasteiger charge is 1.98. The average Bonchev–Trinajstić information content (AvgIpc) is 2.28. The molecule has 0 bridgehead atoms. The standard InChI is InChI=1S/C13H19NO/c1-4-11(3)15-13-8-6-12(7-9-13)10-14-5-2/h4,6-9,11,14H,1,5,10H2,2-3H3. The number of rotatable bonds is 6. The van der Waals surface area contributed by atoms with E-state index in [4.69, 9.17) is 4.74 Å². The Labute approximate surface area is 92.0 Å². The molecule has 0 saturated heterocycles. The molecule has 0 amide bonds. The van der Waals surface area contributed by atoms with Gasteiger partial charge in [0.15, 0.2) is 0 Å². The van der Waals surface area contributed by atoms with Crippen LogP contribution in [-0.4, -0.2) is 12.6 Å². The van der Waals surface area contributed by atoms with Gasteiger partial charge in [0.1, 0.15) is 11.9 Å². The van der Waals surface area contributed by atoms with Crippen molar-refractivity contribution in [1.29, 1.82) is 0 Å². The third-order valence-corrected chi connectivity index (χ3v) is 2.16. The maximum atomic E-state index is 5.58. The summed E-state index contributed by atoms with van der Waals surface area (Å²) in [6.45, 7) is 9.65. The SMILES string of the molecule is C=CC(C)Oc1ccc(CNCC)cc1. The molecular weight excluding hydrogens is 186 g/mol. The van der Waals surface area contributed by atoms with E-state index in [0.717, 1.165) is 18.8 Å². The first-order valence-corrected chi connectivity index (χ1v) is 5.35. The van der Waals surface area contributed by atoms with Gasteiger partial charge in [0, 0.05) is 6.54 Å². The Morgan fingerprint density at radius 2 is 2.07 bits per heavy atom. The molecule has 1 rings (SSSR count). The van der Waals surface area contributed by atoms with Crippen LogP contribution in [0.25, 0.3) is 0 Å². The molecule has 0 aliphatic rings. The van der Waals surface area contributed by atoms with Crippen molar-refractivity contribution in [3.63, 3.8) is 0 Å². The van der Waals surface area contributed by atoms with Crippen molar-refractivity contribution in [2.75, 3.05) is 6.54 Å². The number of nitrogens with one attached hydrogen (secondary N) is 1. The molecule has 2 nitrogen and oxygen atoms in total. The predicted octanol–water partition coefficient (Wildman–Crippen LogP) is 2.75. The molecule has 82 valence electrons. The molecule has 1 atom stereocenters. The van der Waals surface area contributed by atoms with Gasteiger partial charge in [0.2, 0.25) is 0 Å². The van der Waals surface area contributed by atoms with Crippen molar-refractivity contribution in [3.8, 4) is 5.75 Å². The van der Waals surface area contributed by atoms with E-state index in [-0.39, 0.29) is 6.10 Å². The lowest BCUT2D eigenvalue weighted by atomic mass is 10.2. The maximum absolute atomic E-state index is 5.58. The molecule has 0 heterocycles. The largest absolute Gasteiger partial charge is 0.487 e. The van der Waals surface area contributed by atoms with E-state index in [0.29, 0.717) is 0 Å². The zero-order chi connectivity index (χ0) is 11.1. The third kappa shape index (κ3) is 4.17. The summed E-state index contributed by atoms with van der Waals surface area (Å²) in [6.07, 6.45) is 1.84. The van der Waals surface area contributed by atoms with E-state index < -0.39 is 0 Å². The van der Waals surface area contributed by atoms with Gasteiger partial charge in [-0.3, -0.25) is 0 Å². The molecule has 2 heteroatoms. The van der Waals surface area contributed by atoms with Crippen LogP contribution in [-0.2, 0) is 6.54 Å². The first-order chi connectivity index (χ1) is 7.26. The zero-order valence-corrected chi connectivity index (χ0v) is 9.49. The Kier molecular flexibility index (Phi) is 4.91. The monoisotopic (exact) mass is 205 g/mol. The van der Waals surface area contributed by atoms with Crippen LogP contribution in [0, 0.1) is 0 Å². The fourth-order valence-corrected chi connectivity index (χ4v) is 1.22. The summed E-state index contributed by atoms with van der Waals surface area (Å²) in [6, 6.07) is 8.14. The van der Waals surface area contributed by atoms with Crippen LogP contribution >= 0.6 is 0 Å². The van der Waals surface area contributed by atoms with Crippen molar-refractivity contribution in [1.82, 2.24) is 5.32 Å². The molecule has 1 aromatic rings. The van der Waals surface area contributed by atoms with E-state index in [1.807, 2.05) is 19.1 Å². The van der Waals surface area contributed by atoms with Crippen molar-refractivity contribution >= 4 is 0 Å². The number of hydrogen-bond acceptors (Lipinski definition) is 2. The molecule has 0 radical (unpaired) electrons. The molecule has 1 N–H and O–H groups in total. The van der Waals surface area contributed by atoms with E-state index in [1.165, 1.54) is 5.56 Å². The fourth-order valence-electron chi connectivity index (χ4n) is 1.22. The maximum Gasteiger partial charge on any atom is 0.120 e. The van der Waals surface area contributed by atoms with Crippen LogP contribution in [0.1, 0.15) is 19.4 Å². The molecule has 0 fully saturated rings. The summed E-state index contributed by atoms with van der Waals surface area (Å²) in [5.41, 5.74) is 1.27.